The maximum absolute atomic E-state index is 6.09. The smallest absolute Gasteiger partial charge is 0.124 e. The van der Waals surface area contributed by atoms with Crippen molar-refractivity contribution in [1.82, 2.24) is 0 Å². The number of hydrogen-bond donors (Lipinski definition) is 0. The molecule has 1 heterocycles. The van der Waals surface area contributed by atoms with Gasteiger partial charge in [-0.15, -0.1) is 11.6 Å². The largest absolute Gasteiger partial charge is 0.489 e. The molecule has 3 rings (SSSR count). The van der Waals surface area contributed by atoms with Crippen LogP contribution < -0.4 is 4.74 Å². The molecule has 0 unspecified atom stereocenters. The standard InChI is InChI=1S/C16H13ClOS/c17-9-15-14-4-2-1-3-13(14)5-6-16(15)18-10-12-7-8-19-11-12/h1-8,11H,9-10H2. The second kappa shape index (κ2) is 5.64. The van der Waals surface area contributed by atoms with Crippen LogP contribution in [0.2, 0.25) is 0 Å². The van der Waals surface area contributed by atoms with Gasteiger partial charge in [0.05, 0.1) is 5.88 Å². The molecule has 0 saturated heterocycles. The van der Waals surface area contributed by atoms with Crippen molar-refractivity contribution in [1.29, 1.82) is 0 Å². The average molecular weight is 289 g/mol. The summed E-state index contributed by atoms with van der Waals surface area (Å²) in [5.41, 5.74) is 2.26. The molecule has 1 nitrogen and oxygen atoms in total. The first-order chi connectivity index (χ1) is 9.38. The number of thiophene rings is 1. The van der Waals surface area contributed by atoms with Gasteiger partial charge in [-0.1, -0.05) is 30.3 Å². The Bertz CT molecular complexity index is 676. The monoisotopic (exact) mass is 288 g/mol. The van der Waals surface area contributed by atoms with E-state index in [-0.39, 0.29) is 0 Å². The van der Waals surface area contributed by atoms with Crippen LogP contribution in [0.5, 0.6) is 5.75 Å². The number of fused-ring (bicyclic) bond motifs is 1. The summed E-state index contributed by atoms with van der Waals surface area (Å²) in [7, 11) is 0. The summed E-state index contributed by atoms with van der Waals surface area (Å²) in [6.07, 6.45) is 0. The van der Waals surface area contributed by atoms with Crippen LogP contribution in [0.4, 0.5) is 0 Å². The number of benzene rings is 2. The van der Waals surface area contributed by atoms with Gasteiger partial charge in [-0.2, -0.15) is 11.3 Å². The summed E-state index contributed by atoms with van der Waals surface area (Å²) < 4.78 is 5.90. The molecule has 0 saturated carbocycles. The molecule has 19 heavy (non-hydrogen) atoms. The van der Waals surface area contributed by atoms with Crippen LogP contribution in [0.25, 0.3) is 10.8 Å². The molecule has 0 radical (unpaired) electrons. The van der Waals surface area contributed by atoms with E-state index in [2.05, 4.69) is 35.0 Å². The van der Waals surface area contributed by atoms with E-state index in [4.69, 9.17) is 16.3 Å². The van der Waals surface area contributed by atoms with Crippen LogP contribution in [-0.2, 0) is 12.5 Å². The van der Waals surface area contributed by atoms with Gasteiger partial charge in [0.2, 0.25) is 0 Å². The van der Waals surface area contributed by atoms with Crippen molar-refractivity contribution in [3.8, 4) is 5.75 Å². The van der Waals surface area contributed by atoms with Crippen molar-refractivity contribution in [2.24, 2.45) is 0 Å². The first-order valence-corrected chi connectivity index (χ1v) is 7.56. The number of hydrogen-bond acceptors (Lipinski definition) is 2. The normalized spacial score (nSPS) is 10.8. The van der Waals surface area contributed by atoms with Crippen LogP contribution >= 0.6 is 22.9 Å². The third-order valence-electron chi connectivity index (χ3n) is 3.11. The molecule has 0 spiro atoms. The van der Waals surface area contributed by atoms with Gasteiger partial charge < -0.3 is 4.74 Å². The second-order valence-electron chi connectivity index (χ2n) is 4.32. The van der Waals surface area contributed by atoms with Crippen LogP contribution in [-0.4, -0.2) is 0 Å². The molecule has 0 aliphatic carbocycles. The first-order valence-electron chi connectivity index (χ1n) is 6.09. The summed E-state index contributed by atoms with van der Waals surface area (Å²) in [5, 5.41) is 6.52. The van der Waals surface area contributed by atoms with Crippen molar-refractivity contribution in [3.63, 3.8) is 0 Å². The van der Waals surface area contributed by atoms with Gasteiger partial charge in [0.15, 0.2) is 0 Å². The molecule has 0 atom stereocenters. The van der Waals surface area contributed by atoms with Gasteiger partial charge in [0, 0.05) is 5.56 Å². The number of rotatable bonds is 4. The zero-order valence-electron chi connectivity index (χ0n) is 10.3. The second-order valence-corrected chi connectivity index (χ2v) is 5.36. The van der Waals surface area contributed by atoms with E-state index in [9.17, 15) is 0 Å². The summed E-state index contributed by atoms with van der Waals surface area (Å²) >= 11 is 7.77. The highest BCUT2D eigenvalue weighted by molar-refractivity contribution is 7.07. The molecule has 3 heteroatoms. The fourth-order valence-electron chi connectivity index (χ4n) is 2.12. The molecule has 96 valence electrons. The summed E-state index contributed by atoms with van der Waals surface area (Å²) in [6, 6.07) is 14.4. The molecule has 3 aromatic rings. The summed E-state index contributed by atoms with van der Waals surface area (Å²) in [4.78, 5) is 0. The minimum absolute atomic E-state index is 0.459. The van der Waals surface area contributed by atoms with E-state index in [1.165, 1.54) is 16.3 Å². The molecule has 0 aliphatic heterocycles. The quantitative estimate of drug-likeness (QED) is 0.598. The minimum atomic E-state index is 0.459. The molecule has 0 aliphatic rings. The Labute approximate surface area is 121 Å². The third-order valence-corrected chi connectivity index (χ3v) is 4.10. The van der Waals surface area contributed by atoms with Crippen LogP contribution in [0, 0.1) is 0 Å². The summed E-state index contributed by atoms with van der Waals surface area (Å²) in [6.45, 7) is 0.589. The van der Waals surface area contributed by atoms with Crippen LogP contribution in [0.15, 0.2) is 53.2 Å². The van der Waals surface area contributed by atoms with Crippen molar-refractivity contribution in [2.75, 3.05) is 0 Å². The molecule has 0 bridgehead atoms. The van der Waals surface area contributed by atoms with Crippen molar-refractivity contribution in [2.45, 2.75) is 12.5 Å². The number of alkyl halides is 1. The Balaban J connectivity index is 1.94. The number of ether oxygens (including phenoxy) is 1. The lowest BCUT2D eigenvalue weighted by Crippen LogP contribution is -1.97. The van der Waals surface area contributed by atoms with Crippen molar-refractivity contribution < 1.29 is 4.74 Å². The molecule has 2 aromatic carbocycles. The molecular formula is C16H13ClOS. The average Bonchev–Trinajstić information content (AvgIpc) is 2.97. The fourth-order valence-corrected chi connectivity index (χ4v) is 3.05. The van der Waals surface area contributed by atoms with E-state index < -0.39 is 0 Å². The third kappa shape index (κ3) is 2.60. The van der Waals surface area contributed by atoms with Crippen molar-refractivity contribution in [3.05, 3.63) is 64.4 Å². The Morgan fingerprint density at radius 2 is 1.95 bits per heavy atom. The fraction of sp³-hybridized carbons (Fsp3) is 0.125. The molecular weight excluding hydrogens is 276 g/mol. The lowest BCUT2D eigenvalue weighted by atomic mass is 10.0. The Hall–Kier alpha value is -1.51. The molecule has 1 aromatic heterocycles. The maximum Gasteiger partial charge on any atom is 0.124 e. The van der Waals surface area contributed by atoms with Gasteiger partial charge in [0.1, 0.15) is 12.4 Å². The van der Waals surface area contributed by atoms with E-state index in [0.29, 0.717) is 12.5 Å². The predicted octanol–water partition coefficient (Wildman–Crippen LogP) is 5.22. The molecule has 0 N–H and O–H groups in total. The highest BCUT2D eigenvalue weighted by Crippen LogP contribution is 2.30. The van der Waals surface area contributed by atoms with Gasteiger partial charge >= 0.3 is 0 Å². The highest BCUT2D eigenvalue weighted by Gasteiger charge is 2.08. The minimum Gasteiger partial charge on any atom is -0.489 e. The topological polar surface area (TPSA) is 9.23 Å². The van der Waals surface area contributed by atoms with Crippen LogP contribution in [0.1, 0.15) is 11.1 Å². The lowest BCUT2D eigenvalue weighted by Gasteiger charge is -2.12. The highest BCUT2D eigenvalue weighted by atomic mass is 35.5. The SMILES string of the molecule is ClCc1c(OCc2ccsc2)ccc2ccccc12. The summed E-state index contributed by atoms with van der Waals surface area (Å²) in [5.74, 6) is 1.33. The van der Waals surface area contributed by atoms with Gasteiger partial charge in [-0.05, 0) is 39.2 Å². The van der Waals surface area contributed by atoms with E-state index in [1.54, 1.807) is 11.3 Å². The molecule has 0 amide bonds. The zero-order valence-corrected chi connectivity index (χ0v) is 11.9. The van der Waals surface area contributed by atoms with Gasteiger partial charge in [-0.3, -0.25) is 0 Å². The first kappa shape index (κ1) is 12.5. The molecule has 0 fully saturated rings. The zero-order chi connectivity index (χ0) is 13.1. The number of halogens is 1. The van der Waals surface area contributed by atoms with Crippen molar-refractivity contribution >= 4 is 33.7 Å². The van der Waals surface area contributed by atoms with Crippen LogP contribution in [0.3, 0.4) is 0 Å². The van der Waals surface area contributed by atoms with E-state index in [1.807, 2.05) is 18.2 Å². The Kier molecular flexibility index (Phi) is 3.72. The van der Waals surface area contributed by atoms with Gasteiger partial charge in [0.25, 0.3) is 0 Å². The van der Waals surface area contributed by atoms with E-state index in [0.717, 1.165) is 11.3 Å². The predicted molar refractivity (Wildman–Crippen MR) is 82.2 cm³/mol. The maximum atomic E-state index is 6.09. The lowest BCUT2D eigenvalue weighted by molar-refractivity contribution is 0.305. The van der Waals surface area contributed by atoms with E-state index >= 15 is 0 Å². The Morgan fingerprint density at radius 3 is 2.74 bits per heavy atom. The Morgan fingerprint density at radius 1 is 1.05 bits per heavy atom. The van der Waals surface area contributed by atoms with Gasteiger partial charge in [-0.25, -0.2) is 0 Å².